The van der Waals surface area contributed by atoms with Crippen molar-refractivity contribution in [1.29, 1.82) is 0 Å². The van der Waals surface area contributed by atoms with Crippen molar-refractivity contribution in [2.45, 2.75) is 25.9 Å². The molecule has 0 aromatic heterocycles. The van der Waals surface area contributed by atoms with Crippen LogP contribution in [-0.4, -0.2) is 30.1 Å². The fourth-order valence-corrected chi connectivity index (χ4v) is 2.94. The summed E-state index contributed by atoms with van der Waals surface area (Å²) in [6, 6.07) is 8.06. The van der Waals surface area contributed by atoms with Gasteiger partial charge in [-0.25, -0.2) is 0 Å². The van der Waals surface area contributed by atoms with Crippen LogP contribution in [0.5, 0.6) is 0 Å². The minimum atomic E-state index is 0.0569. The first-order valence-electron chi connectivity index (χ1n) is 6.58. The van der Waals surface area contributed by atoms with Crippen LogP contribution in [-0.2, 0) is 4.79 Å². The molecular formula is C15H18N2O. The minimum absolute atomic E-state index is 0.0569. The van der Waals surface area contributed by atoms with Gasteiger partial charge >= 0.3 is 0 Å². The molecule has 18 heavy (non-hydrogen) atoms. The van der Waals surface area contributed by atoms with E-state index in [4.69, 9.17) is 0 Å². The molecule has 1 aromatic carbocycles. The van der Waals surface area contributed by atoms with Crippen LogP contribution in [0.3, 0.4) is 0 Å². The lowest BCUT2D eigenvalue weighted by atomic mass is 10.1. The van der Waals surface area contributed by atoms with Crippen LogP contribution in [0.2, 0.25) is 0 Å². The molecule has 0 radical (unpaired) electrons. The highest BCUT2D eigenvalue weighted by molar-refractivity contribution is 6.07. The molecule has 0 aliphatic carbocycles. The van der Waals surface area contributed by atoms with Gasteiger partial charge in [0.15, 0.2) is 0 Å². The van der Waals surface area contributed by atoms with Crippen molar-refractivity contribution in [2.24, 2.45) is 0 Å². The van der Waals surface area contributed by atoms with Gasteiger partial charge in [0.05, 0.1) is 12.2 Å². The Balaban J connectivity index is 1.96. The van der Waals surface area contributed by atoms with Gasteiger partial charge in [0.1, 0.15) is 6.17 Å². The Morgan fingerprint density at radius 2 is 2.17 bits per heavy atom. The smallest absolute Gasteiger partial charge is 0.242 e. The zero-order valence-electron chi connectivity index (χ0n) is 10.7. The van der Waals surface area contributed by atoms with Gasteiger partial charge in [-0.1, -0.05) is 38.1 Å². The third-order valence-electron chi connectivity index (χ3n) is 3.82. The maximum atomic E-state index is 12.2. The predicted molar refractivity (Wildman–Crippen MR) is 73.2 cm³/mol. The number of unbranched alkanes of at least 4 members (excludes halogenated alkanes) is 1. The molecule has 1 saturated heterocycles. The second kappa shape index (κ2) is 4.25. The van der Waals surface area contributed by atoms with E-state index < -0.39 is 0 Å². The van der Waals surface area contributed by atoms with Gasteiger partial charge < -0.3 is 0 Å². The Morgan fingerprint density at radius 1 is 1.39 bits per heavy atom. The summed E-state index contributed by atoms with van der Waals surface area (Å²) < 4.78 is 0. The van der Waals surface area contributed by atoms with E-state index in [2.05, 4.69) is 24.5 Å². The normalized spacial score (nSPS) is 22.5. The Labute approximate surface area is 108 Å². The molecule has 0 spiro atoms. The molecule has 2 aliphatic heterocycles. The average molecular weight is 242 g/mol. The maximum Gasteiger partial charge on any atom is 0.242 e. The summed E-state index contributed by atoms with van der Waals surface area (Å²) in [5.74, 6) is 0.196. The van der Waals surface area contributed by atoms with E-state index in [-0.39, 0.29) is 12.1 Å². The molecule has 1 aromatic rings. The summed E-state index contributed by atoms with van der Waals surface area (Å²) in [5, 5.41) is 0. The number of fused-ring (bicyclic) bond motifs is 3. The van der Waals surface area contributed by atoms with Crippen molar-refractivity contribution < 1.29 is 4.79 Å². The summed E-state index contributed by atoms with van der Waals surface area (Å²) in [4.78, 5) is 16.3. The van der Waals surface area contributed by atoms with E-state index in [0.29, 0.717) is 6.54 Å². The summed E-state index contributed by atoms with van der Waals surface area (Å²) in [7, 11) is 0. The predicted octanol–water partition coefficient (Wildman–Crippen LogP) is 2.49. The van der Waals surface area contributed by atoms with E-state index in [1.165, 1.54) is 0 Å². The highest BCUT2D eigenvalue weighted by atomic mass is 16.2. The standard InChI is InChI=1S/C15H18N2O/c1-3-4-9-16-10-14(18)17-13-8-6-5-7-12(13)11(2)15(16)17/h5-8,15H,2-4,9-10H2,1H3. The summed E-state index contributed by atoms with van der Waals surface area (Å²) in [6.07, 6.45) is 2.33. The first kappa shape index (κ1) is 11.5. The van der Waals surface area contributed by atoms with Crippen LogP contribution in [0.15, 0.2) is 30.8 Å². The molecule has 0 saturated carbocycles. The number of rotatable bonds is 3. The number of para-hydroxylation sites is 1. The Hall–Kier alpha value is -1.61. The number of carbonyl (C=O) groups is 1. The lowest BCUT2D eigenvalue weighted by Crippen LogP contribution is -2.36. The van der Waals surface area contributed by atoms with Gasteiger partial charge in [-0.15, -0.1) is 0 Å². The lowest BCUT2D eigenvalue weighted by Gasteiger charge is -2.24. The largest absolute Gasteiger partial charge is 0.290 e. The van der Waals surface area contributed by atoms with Crippen molar-refractivity contribution >= 4 is 17.2 Å². The quantitative estimate of drug-likeness (QED) is 0.813. The fourth-order valence-electron chi connectivity index (χ4n) is 2.94. The number of nitrogens with zero attached hydrogens (tertiary/aromatic N) is 2. The summed E-state index contributed by atoms with van der Waals surface area (Å²) in [5.41, 5.74) is 3.21. The van der Waals surface area contributed by atoms with E-state index in [1.54, 1.807) is 0 Å². The second-order valence-electron chi connectivity index (χ2n) is 5.00. The van der Waals surface area contributed by atoms with Crippen molar-refractivity contribution in [3.63, 3.8) is 0 Å². The van der Waals surface area contributed by atoms with Crippen LogP contribution in [0.4, 0.5) is 5.69 Å². The van der Waals surface area contributed by atoms with Crippen LogP contribution in [0, 0.1) is 0 Å². The number of amides is 1. The third kappa shape index (κ3) is 1.51. The number of hydrogen-bond donors (Lipinski definition) is 0. The average Bonchev–Trinajstić information content (AvgIpc) is 2.86. The molecule has 0 bridgehead atoms. The second-order valence-corrected chi connectivity index (χ2v) is 5.00. The van der Waals surface area contributed by atoms with E-state index in [9.17, 15) is 4.79 Å². The molecule has 0 N–H and O–H groups in total. The maximum absolute atomic E-state index is 12.2. The highest BCUT2D eigenvalue weighted by Gasteiger charge is 2.45. The Morgan fingerprint density at radius 3 is 2.94 bits per heavy atom. The number of carbonyl (C=O) groups excluding carboxylic acids is 1. The van der Waals surface area contributed by atoms with Crippen LogP contribution >= 0.6 is 0 Å². The van der Waals surface area contributed by atoms with Gasteiger partial charge in [0, 0.05) is 12.1 Å². The first-order valence-corrected chi connectivity index (χ1v) is 6.58. The fraction of sp³-hybridized carbons (Fsp3) is 0.400. The summed E-state index contributed by atoms with van der Waals surface area (Å²) >= 11 is 0. The van der Waals surface area contributed by atoms with Crippen molar-refractivity contribution in [2.75, 3.05) is 18.0 Å². The van der Waals surface area contributed by atoms with Crippen LogP contribution in [0.1, 0.15) is 25.3 Å². The van der Waals surface area contributed by atoms with Gasteiger partial charge in [0.2, 0.25) is 5.91 Å². The molecule has 3 heteroatoms. The van der Waals surface area contributed by atoms with Crippen molar-refractivity contribution in [3.05, 3.63) is 36.4 Å². The molecule has 1 fully saturated rings. The minimum Gasteiger partial charge on any atom is -0.290 e. The van der Waals surface area contributed by atoms with Gasteiger partial charge in [-0.3, -0.25) is 14.6 Å². The summed E-state index contributed by atoms with van der Waals surface area (Å²) in [6.45, 7) is 7.86. The monoisotopic (exact) mass is 242 g/mol. The molecular weight excluding hydrogens is 224 g/mol. The molecule has 3 nitrogen and oxygen atoms in total. The van der Waals surface area contributed by atoms with Gasteiger partial charge in [0.25, 0.3) is 0 Å². The Bertz CT molecular complexity index is 509. The molecule has 3 rings (SSSR count). The van der Waals surface area contributed by atoms with Crippen molar-refractivity contribution in [3.8, 4) is 0 Å². The van der Waals surface area contributed by atoms with Gasteiger partial charge in [-0.05, 0) is 18.1 Å². The zero-order chi connectivity index (χ0) is 12.7. The number of anilines is 1. The zero-order valence-corrected chi connectivity index (χ0v) is 10.7. The molecule has 2 heterocycles. The topological polar surface area (TPSA) is 23.6 Å². The molecule has 94 valence electrons. The van der Waals surface area contributed by atoms with Crippen LogP contribution < -0.4 is 4.90 Å². The lowest BCUT2D eigenvalue weighted by molar-refractivity contribution is -0.116. The van der Waals surface area contributed by atoms with E-state index in [0.717, 1.165) is 36.2 Å². The van der Waals surface area contributed by atoms with Crippen LogP contribution in [0.25, 0.3) is 5.57 Å². The SMILES string of the molecule is C=C1c2ccccc2N2C(=O)CN(CCCC)C12. The third-order valence-corrected chi connectivity index (χ3v) is 3.82. The van der Waals surface area contributed by atoms with Crippen molar-refractivity contribution in [1.82, 2.24) is 4.90 Å². The van der Waals surface area contributed by atoms with E-state index >= 15 is 0 Å². The van der Waals surface area contributed by atoms with E-state index in [1.807, 2.05) is 23.1 Å². The first-order chi connectivity index (χ1) is 8.74. The number of benzene rings is 1. The Kier molecular flexibility index (Phi) is 2.71. The molecule has 1 unspecified atom stereocenters. The molecule has 1 amide bonds. The molecule has 1 atom stereocenters. The highest BCUT2D eigenvalue weighted by Crippen LogP contribution is 2.43. The molecule has 2 aliphatic rings. The number of hydrogen-bond acceptors (Lipinski definition) is 2. The van der Waals surface area contributed by atoms with Gasteiger partial charge in [-0.2, -0.15) is 0 Å².